The fourth-order valence-corrected chi connectivity index (χ4v) is 3.18. The largest absolute Gasteiger partial charge is 0.293 e. The van der Waals surface area contributed by atoms with E-state index in [1.165, 1.54) is 11.8 Å². The minimum atomic E-state index is -0.00111. The van der Waals surface area contributed by atoms with E-state index in [2.05, 4.69) is 4.98 Å². The fraction of sp³-hybridized carbons (Fsp3) is 0.158. The van der Waals surface area contributed by atoms with Gasteiger partial charge >= 0.3 is 0 Å². The van der Waals surface area contributed by atoms with Crippen LogP contribution >= 0.6 is 11.8 Å². The number of nitrogens with zero attached hydrogens (tertiary/aromatic N) is 2. The Balaban J connectivity index is 2.18. The molecule has 0 saturated carbocycles. The number of para-hydroxylation sites is 1. The Labute approximate surface area is 140 Å². The summed E-state index contributed by atoms with van der Waals surface area (Å²) in [6.07, 6.45) is 1.95. The number of hydrogen-bond acceptors (Lipinski definition) is 3. The SMILES string of the molecule is CSc1nc(C)n(-c2ccccc2)c1C(=O)c1ccc(C)cc1. The Morgan fingerprint density at radius 1 is 1.00 bits per heavy atom. The predicted octanol–water partition coefficient (Wildman–Crippen LogP) is 4.44. The summed E-state index contributed by atoms with van der Waals surface area (Å²) in [7, 11) is 0. The Hall–Kier alpha value is -2.33. The van der Waals surface area contributed by atoms with E-state index in [9.17, 15) is 4.79 Å². The van der Waals surface area contributed by atoms with Crippen LogP contribution in [0.25, 0.3) is 5.69 Å². The van der Waals surface area contributed by atoms with Gasteiger partial charge in [-0.15, -0.1) is 11.8 Å². The summed E-state index contributed by atoms with van der Waals surface area (Å²) in [6.45, 7) is 3.94. The molecule has 116 valence electrons. The van der Waals surface area contributed by atoms with Gasteiger partial charge in [0.1, 0.15) is 16.5 Å². The summed E-state index contributed by atoms with van der Waals surface area (Å²) in [6, 6.07) is 17.5. The van der Waals surface area contributed by atoms with Crippen molar-refractivity contribution in [3.8, 4) is 5.69 Å². The molecule has 23 heavy (non-hydrogen) atoms. The van der Waals surface area contributed by atoms with Crippen LogP contribution in [0.4, 0.5) is 0 Å². The second-order valence-electron chi connectivity index (χ2n) is 5.38. The molecule has 0 aliphatic rings. The molecule has 0 radical (unpaired) electrons. The van der Waals surface area contributed by atoms with E-state index >= 15 is 0 Å². The topological polar surface area (TPSA) is 34.9 Å². The minimum Gasteiger partial charge on any atom is -0.293 e. The molecule has 1 aromatic heterocycles. The van der Waals surface area contributed by atoms with Gasteiger partial charge in [0.05, 0.1) is 0 Å². The first-order valence-corrected chi connectivity index (χ1v) is 8.64. The molecule has 0 atom stereocenters. The molecule has 0 spiro atoms. The Kier molecular flexibility index (Phi) is 4.35. The van der Waals surface area contributed by atoms with Crippen LogP contribution in [0.5, 0.6) is 0 Å². The molecule has 0 aliphatic carbocycles. The van der Waals surface area contributed by atoms with Crippen molar-refractivity contribution in [3.05, 3.63) is 77.2 Å². The number of aromatic nitrogens is 2. The molecular weight excluding hydrogens is 304 g/mol. The van der Waals surface area contributed by atoms with Crippen LogP contribution in [-0.4, -0.2) is 21.6 Å². The molecule has 3 nitrogen and oxygen atoms in total. The molecule has 0 unspecified atom stereocenters. The van der Waals surface area contributed by atoms with Crippen molar-refractivity contribution in [1.29, 1.82) is 0 Å². The van der Waals surface area contributed by atoms with E-state index < -0.39 is 0 Å². The minimum absolute atomic E-state index is 0.00111. The van der Waals surface area contributed by atoms with Crippen molar-refractivity contribution in [2.45, 2.75) is 18.9 Å². The van der Waals surface area contributed by atoms with Gasteiger partial charge < -0.3 is 0 Å². The number of aryl methyl sites for hydroxylation is 2. The summed E-state index contributed by atoms with van der Waals surface area (Å²) in [5.74, 6) is 0.815. The molecule has 3 rings (SSSR count). The zero-order valence-corrected chi connectivity index (χ0v) is 14.2. The number of hydrogen-bond donors (Lipinski definition) is 0. The normalized spacial score (nSPS) is 10.7. The monoisotopic (exact) mass is 322 g/mol. The zero-order valence-electron chi connectivity index (χ0n) is 13.4. The lowest BCUT2D eigenvalue weighted by Gasteiger charge is -2.10. The first-order chi connectivity index (χ1) is 11.1. The molecule has 4 heteroatoms. The van der Waals surface area contributed by atoms with Crippen LogP contribution < -0.4 is 0 Å². The smallest absolute Gasteiger partial charge is 0.212 e. The maximum absolute atomic E-state index is 13.1. The Morgan fingerprint density at radius 2 is 1.65 bits per heavy atom. The van der Waals surface area contributed by atoms with Gasteiger partial charge in [0.2, 0.25) is 5.78 Å². The van der Waals surface area contributed by atoms with Crippen molar-refractivity contribution >= 4 is 17.5 Å². The summed E-state index contributed by atoms with van der Waals surface area (Å²) < 4.78 is 1.94. The third-order valence-corrected chi connectivity index (χ3v) is 4.42. The second kappa shape index (κ2) is 6.42. The number of carbonyl (C=O) groups excluding carboxylic acids is 1. The average molecular weight is 322 g/mol. The maximum Gasteiger partial charge on any atom is 0.212 e. The Morgan fingerprint density at radius 3 is 2.26 bits per heavy atom. The van der Waals surface area contributed by atoms with Gasteiger partial charge in [0.15, 0.2) is 0 Å². The molecule has 0 fully saturated rings. The van der Waals surface area contributed by atoms with Crippen LogP contribution in [0.2, 0.25) is 0 Å². The first kappa shape index (κ1) is 15.6. The molecule has 3 aromatic rings. The molecule has 0 amide bonds. The first-order valence-electron chi connectivity index (χ1n) is 7.42. The summed E-state index contributed by atoms with van der Waals surface area (Å²) in [5.41, 5.74) is 3.40. The van der Waals surface area contributed by atoms with Gasteiger partial charge in [-0.05, 0) is 32.2 Å². The third-order valence-electron chi connectivity index (χ3n) is 3.75. The van der Waals surface area contributed by atoms with Gasteiger partial charge in [-0.3, -0.25) is 9.36 Å². The van der Waals surface area contributed by atoms with Gasteiger partial charge in [-0.1, -0.05) is 48.0 Å². The summed E-state index contributed by atoms with van der Waals surface area (Å²) in [5, 5.41) is 0.761. The van der Waals surface area contributed by atoms with Gasteiger partial charge in [-0.25, -0.2) is 4.98 Å². The zero-order chi connectivity index (χ0) is 16.4. The number of imidazole rings is 1. The molecule has 0 bridgehead atoms. The van der Waals surface area contributed by atoms with Gasteiger partial charge in [0.25, 0.3) is 0 Å². The third kappa shape index (κ3) is 2.94. The van der Waals surface area contributed by atoms with E-state index in [1.54, 1.807) is 0 Å². The highest BCUT2D eigenvalue weighted by molar-refractivity contribution is 7.98. The van der Waals surface area contributed by atoms with Crippen molar-refractivity contribution in [2.75, 3.05) is 6.26 Å². The lowest BCUT2D eigenvalue weighted by atomic mass is 10.1. The number of rotatable bonds is 4. The summed E-state index contributed by atoms with van der Waals surface area (Å²) >= 11 is 1.50. The highest BCUT2D eigenvalue weighted by atomic mass is 32.2. The second-order valence-corrected chi connectivity index (χ2v) is 6.18. The standard InChI is InChI=1S/C19H18N2OS/c1-13-9-11-15(12-10-13)18(22)17-19(23-3)20-14(2)21(17)16-7-5-4-6-8-16/h4-12H,1-3H3. The van der Waals surface area contributed by atoms with E-state index in [-0.39, 0.29) is 5.78 Å². The van der Waals surface area contributed by atoms with E-state index in [4.69, 9.17) is 0 Å². The summed E-state index contributed by atoms with van der Waals surface area (Å²) in [4.78, 5) is 17.6. The molecular formula is C19H18N2OS. The van der Waals surface area contributed by atoms with E-state index in [0.29, 0.717) is 11.3 Å². The molecule has 0 aliphatic heterocycles. The van der Waals surface area contributed by atoms with Crippen molar-refractivity contribution in [1.82, 2.24) is 9.55 Å². The highest BCUT2D eigenvalue weighted by Crippen LogP contribution is 2.27. The predicted molar refractivity (Wildman–Crippen MR) is 94.7 cm³/mol. The van der Waals surface area contributed by atoms with Crippen LogP contribution in [0.15, 0.2) is 59.6 Å². The quantitative estimate of drug-likeness (QED) is 0.526. The van der Waals surface area contributed by atoms with E-state index in [1.807, 2.05) is 79.3 Å². The number of thioether (sulfide) groups is 1. The lowest BCUT2D eigenvalue weighted by molar-refractivity contribution is 0.102. The Bertz CT molecular complexity index is 836. The number of benzene rings is 2. The van der Waals surface area contributed by atoms with Crippen LogP contribution in [0, 0.1) is 13.8 Å². The van der Waals surface area contributed by atoms with Gasteiger partial charge in [-0.2, -0.15) is 0 Å². The molecule has 0 N–H and O–H groups in total. The van der Waals surface area contributed by atoms with E-state index in [0.717, 1.165) is 22.1 Å². The lowest BCUT2D eigenvalue weighted by Crippen LogP contribution is -2.11. The van der Waals surface area contributed by atoms with Crippen LogP contribution in [0.3, 0.4) is 0 Å². The maximum atomic E-state index is 13.1. The molecule has 1 heterocycles. The number of carbonyl (C=O) groups is 1. The molecule has 0 saturated heterocycles. The molecule has 2 aromatic carbocycles. The van der Waals surface area contributed by atoms with Crippen LogP contribution in [0.1, 0.15) is 27.4 Å². The van der Waals surface area contributed by atoms with Crippen molar-refractivity contribution in [3.63, 3.8) is 0 Å². The average Bonchev–Trinajstić information content (AvgIpc) is 2.92. The fourth-order valence-electron chi connectivity index (χ4n) is 2.58. The highest BCUT2D eigenvalue weighted by Gasteiger charge is 2.23. The van der Waals surface area contributed by atoms with Crippen molar-refractivity contribution < 1.29 is 4.79 Å². The van der Waals surface area contributed by atoms with Crippen LogP contribution in [-0.2, 0) is 0 Å². The van der Waals surface area contributed by atoms with Gasteiger partial charge in [0, 0.05) is 11.3 Å². The van der Waals surface area contributed by atoms with Crippen molar-refractivity contribution in [2.24, 2.45) is 0 Å². The number of ketones is 1.